The van der Waals surface area contributed by atoms with Crippen LogP contribution in [-0.4, -0.2) is 28.8 Å². The standard InChI is InChI=1S/C17H18BrNO3.ClH/c18-16-9-13(17(21)22)6-7-14(16)10-19-15(11-20)8-12-4-2-1-3-5-12;/h1-7,9,15,19-20H,8,10-11H2,(H,21,22);1H. The summed E-state index contributed by atoms with van der Waals surface area (Å²) in [4.78, 5) is 10.9. The lowest BCUT2D eigenvalue weighted by molar-refractivity contribution is 0.0697. The van der Waals surface area contributed by atoms with Gasteiger partial charge in [0.25, 0.3) is 0 Å². The van der Waals surface area contributed by atoms with E-state index in [-0.39, 0.29) is 30.6 Å². The van der Waals surface area contributed by atoms with Crippen LogP contribution >= 0.6 is 28.3 Å². The van der Waals surface area contributed by atoms with Crippen LogP contribution in [0.15, 0.2) is 53.0 Å². The van der Waals surface area contributed by atoms with Gasteiger partial charge in [-0.3, -0.25) is 0 Å². The monoisotopic (exact) mass is 399 g/mol. The molecule has 0 aromatic heterocycles. The Kier molecular flexibility index (Phi) is 8.26. The first-order valence-corrected chi connectivity index (χ1v) is 7.79. The summed E-state index contributed by atoms with van der Waals surface area (Å²) in [5.74, 6) is -0.947. The van der Waals surface area contributed by atoms with E-state index in [2.05, 4.69) is 21.2 Å². The Balaban J connectivity index is 0.00000264. The molecule has 0 aliphatic heterocycles. The van der Waals surface area contributed by atoms with Gasteiger partial charge in [0, 0.05) is 17.1 Å². The maximum atomic E-state index is 10.9. The van der Waals surface area contributed by atoms with E-state index in [1.807, 2.05) is 30.3 Å². The van der Waals surface area contributed by atoms with Crippen LogP contribution < -0.4 is 5.32 Å². The van der Waals surface area contributed by atoms with Crippen LogP contribution in [0.25, 0.3) is 0 Å². The normalized spacial score (nSPS) is 11.6. The minimum atomic E-state index is -0.947. The van der Waals surface area contributed by atoms with Crippen LogP contribution in [0.4, 0.5) is 0 Å². The number of carboxylic acids is 1. The number of hydrogen-bond donors (Lipinski definition) is 3. The second-order valence-electron chi connectivity index (χ2n) is 5.06. The van der Waals surface area contributed by atoms with E-state index in [1.54, 1.807) is 18.2 Å². The highest BCUT2D eigenvalue weighted by molar-refractivity contribution is 9.10. The number of aliphatic hydroxyl groups is 1. The van der Waals surface area contributed by atoms with Crippen LogP contribution in [0.1, 0.15) is 21.5 Å². The number of halogens is 2. The predicted molar refractivity (Wildman–Crippen MR) is 96.2 cm³/mol. The van der Waals surface area contributed by atoms with Crippen molar-refractivity contribution in [1.82, 2.24) is 5.32 Å². The van der Waals surface area contributed by atoms with Gasteiger partial charge >= 0.3 is 5.97 Å². The number of aromatic carboxylic acids is 1. The molecular formula is C17H19BrClNO3. The molecule has 1 atom stereocenters. The highest BCUT2D eigenvalue weighted by atomic mass is 79.9. The van der Waals surface area contributed by atoms with Gasteiger partial charge in [-0.1, -0.05) is 52.3 Å². The van der Waals surface area contributed by atoms with E-state index in [9.17, 15) is 9.90 Å². The number of hydrogen-bond acceptors (Lipinski definition) is 3. The molecule has 124 valence electrons. The van der Waals surface area contributed by atoms with Gasteiger partial charge < -0.3 is 15.5 Å². The van der Waals surface area contributed by atoms with Crippen molar-refractivity contribution in [2.45, 2.75) is 19.0 Å². The molecule has 0 fully saturated rings. The number of benzene rings is 2. The third-order valence-electron chi connectivity index (χ3n) is 3.43. The third kappa shape index (κ3) is 5.95. The second-order valence-corrected chi connectivity index (χ2v) is 5.92. The summed E-state index contributed by atoms with van der Waals surface area (Å²) < 4.78 is 0.747. The zero-order valence-electron chi connectivity index (χ0n) is 12.4. The van der Waals surface area contributed by atoms with Gasteiger partial charge in [0.15, 0.2) is 0 Å². The first-order valence-electron chi connectivity index (χ1n) is 7.00. The molecular weight excluding hydrogens is 382 g/mol. The summed E-state index contributed by atoms with van der Waals surface area (Å²) in [7, 11) is 0. The van der Waals surface area contributed by atoms with Gasteiger partial charge in [-0.15, -0.1) is 12.4 Å². The molecule has 0 spiro atoms. The molecule has 2 aromatic carbocycles. The van der Waals surface area contributed by atoms with Crippen molar-refractivity contribution in [1.29, 1.82) is 0 Å². The molecule has 3 N–H and O–H groups in total. The maximum absolute atomic E-state index is 10.9. The summed E-state index contributed by atoms with van der Waals surface area (Å²) in [6, 6.07) is 14.9. The molecule has 2 rings (SSSR count). The van der Waals surface area contributed by atoms with E-state index in [0.717, 1.165) is 22.0 Å². The molecule has 1 unspecified atom stereocenters. The molecule has 23 heavy (non-hydrogen) atoms. The smallest absolute Gasteiger partial charge is 0.335 e. The third-order valence-corrected chi connectivity index (χ3v) is 4.16. The van der Waals surface area contributed by atoms with Crippen LogP contribution in [0, 0.1) is 0 Å². The summed E-state index contributed by atoms with van der Waals surface area (Å²) in [5, 5.41) is 21.7. The summed E-state index contributed by atoms with van der Waals surface area (Å²) in [6.07, 6.45) is 0.738. The minimum absolute atomic E-state index is 0. The summed E-state index contributed by atoms with van der Waals surface area (Å²) in [5.41, 5.74) is 2.37. The summed E-state index contributed by atoms with van der Waals surface area (Å²) in [6.45, 7) is 0.596. The Hall–Kier alpha value is -1.40. The fourth-order valence-electron chi connectivity index (χ4n) is 2.18. The van der Waals surface area contributed by atoms with Gasteiger partial charge in [-0.2, -0.15) is 0 Å². The SMILES string of the molecule is Cl.O=C(O)c1ccc(CNC(CO)Cc2ccccc2)c(Br)c1. The molecule has 0 saturated heterocycles. The molecule has 2 aromatic rings. The van der Waals surface area contributed by atoms with Gasteiger partial charge in [0.1, 0.15) is 0 Å². The van der Waals surface area contributed by atoms with Gasteiger partial charge in [0.05, 0.1) is 12.2 Å². The molecule has 0 bridgehead atoms. The highest BCUT2D eigenvalue weighted by Crippen LogP contribution is 2.19. The van der Waals surface area contributed by atoms with Crippen molar-refractivity contribution < 1.29 is 15.0 Å². The largest absolute Gasteiger partial charge is 0.478 e. The molecule has 0 amide bonds. The molecule has 0 radical (unpaired) electrons. The maximum Gasteiger partial charge on any atom is 0.335 e. The highest BCUT2D eigenvalue weighted by Gasteiger charge is 2.10. The number of aliphatic hydroxyl groups excluding tert-OH is 1. The van der Waals surface area contributed by atoms with Crippen molar-refractivity contribution in [3.63, 3.8) is 0 Å². The Labute approximate surface area is 150 Å². The van der Waals surface area contributed by atoms with Crippen molar-refractivity contribution in [2.75, 3.05) is 6.61 Å². The zero-order valence-corrected chi connectivity index (χ0v) is 14.8. The van der Waals surface area contributed by atoms with Crippen molar-refractivity contribution in [3.05, 3.63) is 69.7 Å². The van der Waals surface area contributed by atoms with E-state index in [1.165, 1.54) is 0 Å². The van der Waals surface area contributed by atoms with Gasteiger partial charge in [-0.05, 0) is 29.7 Å². The van der Waals surface area contributed by atoms with E-state index in [4.69, 9.17) is 5.11 Å². The molecule has 0 heterocycles. The molecule has 0 saturated carbocycles. The first-order chi connectivity index (χ1) is 10.6. The van der Waals surface area contributed by atoms with Gasteiger partial charge in [0.2, 0.25) is 0 Å². The second kappa shape index (κ2) is 9.67. The van der Waals surface area contributed by atoms with E-state index >= 15 is 0 Å². The number of carbonyl (C=O) groups is 1. The fourth-order valence-corrected chi connectivity index (χ4v) is 2.70. The van der Waals surface area contributed by atoms with Crippen molar-refractivity contribution >= 4 is 34.3 Å². The molecule has 6 heteroatoms. The van der Waals surface area contributed by atoms with E-state index in [0.29, 0.717) is 6.54 Å². The molecule has 0 aliphatic rings. The predicted octanol–water partition coefficient (Wildman–Crippen LogP) is 3.26. The number of nitrogens with one attached hydrogen (secondary N) is 1. The first kappa shape index (κ1) is 19.6. The average molecular weight is 401 g/mol. The lowest BCUT2D eigenvalue weighted by atomic mass is 10.1. The minimum Gasteiger partial charge on any atom is -0.478 e. The average Bonchev–Trinajstić information content (AvgIpc) is 2.53. The van der Waals surface area contributed by atoms with E-state index < -0.39 is 5.97 Å². The summed E-state index contributed by atoms with van der Waals surface area (Å²) >= 11 is 3.39. The van der Waals surface area contributed by atoms with Crippen LogP contribution in [0.5, 0.6) is 0 Å². The van der Waals surface area contributed by atoms with Crippen LogP contribution in [0.3, 0.4) is 0 Å². The number of carboxylic acid groups (broad SMARTS) is 1. The van der Waals surface area contributed by atoms with Gasteiger partial charge in [-0.25, -0.2) is 4.79 Å². The molecule has 0 aliphatic carbocycles. The lowest BCUT2D eigenvalue weighted by Gasteiger charge is -2.17. The zero-order chi connectivity index (χ0) is 15.9. The van der Waals surface area contributed by atoms with Crippen LogP contribution in [-0.2, 0) is 13.0 Å². The van der Waals surface area contributed by atoms with Crippen molar-refractivity contribution in [2.24, 2.45) is 0 Å². The Morgan fingerprint density at radius 3 is 2.43 bits per heavy atom. The van der Waals surface area contributed by atoms with Crippen molar-refractivity contribution in [3.8, 4) is 0 Å². The quantitative estimate of drug-likeness (QED) is 0.667. The lowest BCUT2D eigenvalue weighted by Crippen LogP contribution is -2.34. The number of rotatable bonds is 7. The Morgan fingerprint density at radius 2 is 1.87 bits per heavy atom. The van der Waals surface area contributed by atoms with Crippen LogP contribution in [0.2, 0.25) is 0 Å². The topological polar surface area (TPSA) is 69.6 Å². The molecule has 4 nitrogen and oxygen atoms in total. The fraction of sp³-hybridized carbons (Fsp3) is 0.235. The Bertz CT molecular complexity index is 637. The Morgan fingerprint density at radius 1 is 1.17 bits per heavy atom.